The van der Waals surface area contributed by atoms with E-state index in [0.717, 1.165) is 16.5 Å². The Hall–Kier alpha value is -0.840. The summed E-state index contributed by atoms with van der Waals surface area (Å²) in [5.74, 6) is 0. The van der Waals surface area contributed by atoms with E-state index in [-0.39, 0.29) is 0 Å². The molecule has 0 spiro atoms. The number of hydrogen-bond donors (Lipinski definition) is 1. The Bertz CT molecular complexity index is 501. The Labute approximate surface area is 104 Å². The van der Waals surface area contributed by atoms with Gasteiger partial charge < -0.3 is 5.73 Å². The molecule has 0 bridgehead atoms. The zero-order chi connectivity index (χ0) is 11.7. The van der Waals surface area contributed by atoms with Crippen LogP contribution in [0.5, 0.6) is 0 Å². The van der Waals surface area contributed by atoms with Gasteiger partial charge >= 0.3 is 0 Å². The van der Waals surface area contributed by atoms with Gasteiger partial charge in [0.1, 0.15) is 0 Å². The van der Waals surface area contributed by atoms with Gasteiger partial charge in [0.05, 0.1) is 10.0 Å². The summed E-state index contributed by atoms with van der Waals surface area (Å²) in [4.78, 5) is 1.17. The molecule has 0 aliphatic rings. The van der Waals surface area contributed by atoms with E-state index in [4.69, 9.17) is 17.3 Å². The third kappa shape index (κ3) is 2.00. The summed E-state index contributed by atoms with van der Waals surface area (Å²) in [6.45, 7) is 2.65. The number of rotatable bonds is 3. The Balaban J connectivity index is 2.54. The second-order valence-electron chi connectivity index (χ2n) is 3.67. The molecule has 16 heavy (non-hydrogen) atoms. The lowest BCUT2D eigenvalue weighted by atomic mass is 10.1. The molecule has 0 amide bonds. The molecule has 0 atom stereocenters. The van der Waals surface area contributed by atoms with Gasteiger partial charge in [-0.25, -0.2) is 0 Å². The van der Waals surface area contributed by atoms with Crippen LogP contribution in [0, 0.1) is 6.92 Å². The predicted octanol–water partition coefficient (Wildman–Crippen LogP) is 2.61. The first kappa shape index (κ1) is 11.6. The van der Waals surface area contributed by atoms with Crippen molar-refractivity contribution in [1.82, 2.24) is 9.78 Å². The number of halogens is 1. The van der Waals surface area contributed by atoms with Gasteiger partial charge in [-0.2, -0.15) is 5.10 Å². The quantitative estimate of drug-likeness (QED) is 0.916. The van der Waals surface area contributed by atoms with E-state index in [0.29, 0.717) is 6.54 Å². The molecule has 3 nitrogen and oxygen atoms in total. The van der Waals surface area contributed by atoms with Gasteiger partial charge in [-0.15, -0.1) is 11.3 Å². The Morgan fingerprint density at radius 1 is 1.50 bits per heavy atom. The van der Waals surface area contributed by atoms with Crippen LogP contribution in [-0.2, 0) is 13.5 Å². The van der Waals surface area contributed by atoms with Crippen molar-refractivity contribution in [3.8, 4) is 10.4 Å². The van der Waals surface area contributed by atoms with Crippen molar-refractivity contribution in [2.75, 3.05) is 6.54 Å². The number of aromatic nitrogens is 2. The van der Waals surface area contributed by atoms with Crippen LogP contribution in [0.1, 0.15) is 11.4 Å². The highest BCUT2D eigenvalue weighted by Crippen LogP contribution is 2.35. The summed E-state index contributed by atoms with van der Waals surface area (Å²) < 4.78 is 2.71. The van der Waals surface area contributed by atoms with Gasteiger partial charge in [-0.1, -0.05) is 11.6 Å². The number of hydrogen-bond acceptors (Lipinski definition) is 3. The number of nitrogens with two attached hydrogens (primary N) is 1. The van der Waals surface area contributed by atoms with E-state index in [9.17, 15) is 0 Å². The molecule has 0 aliphatic carbocycles. The standard InChI is InChI=1S/C11H14ClN3S/c1-7-11(9-3-4-10(12)16-9)8(5-6-13)15(2)14-7/h3-4H,5-6,13H2,1-2H3. The summed E-state index contributed by atoms with van der Waals surface area (Å²) in [5.41, 5.74) is 9.02. The third-order valence-electron chi connectivity index (χ3n) is 2.54. The van der Waals surface area contributed by atoms with Gasteiger partial charge in [0, 0.05) is 29.6 Å². The highest BCUT2D eigenvalue weighted by atomic mass is 35.5. The fourth-order valence-corrected chi connectivity index (χ4v) is 3.06. The monoisotopic (exact) mass is 255 g/mol. The zero-order valence-electron chi connectivity index (χ0n) is 9.33. The van der Waals surface area contributed by atoms with Crippen LogP contribution in [0.2, 0.25) is 4.34 Å². The summed E-state index contributed by atoms with van der Waals surface area (Å²) in [7, 11) is 1.96. The first-order valence-electron chi connectivity index (χ1n) is 5.11. The normalized spacial score (nSPS) is 11.0. The summed E-state index contributed by atoms with van der Waals surface area (Å²) in [6.07, 6.45) is 0.836. The van der Waals surface area contributed by atoms with Crippen LogP contribution in [0.3, 0.4) is 0 Å². The average molecular weight is 256 g/mol. The van der Waals surface area contributed by atoms with E-state index in [1.54, 1.807) is 11.3 Å². The Morgan fingerprint density at radius 2 is 2.25 bits per heavy atom. The van der Waals surface area contributed by atoms with Crippen molar-refractivity contribution in [3.05, 3.63) is 27.9 Å². The van der Waals surface area contributed by atoms with E-state index in [2.05, 4.69) is 5.10 Å². The first-order chi connectivity index (χ1) is 7.63. The summed E-state index contributed by atoms with van der Waals surface area (Å²) >= 11 is 7.55. The highest BCUT2D eigenvalue weighted by Gasteiger charge is 2.15. The Morgan fingerprint density at radius 3 is 2.81 bits per heavy atom. The van der Waals surface area contributed by atoms with Crippen LogP contribution in [-0.4, -0.2) is 16.3 Å². The molecule has 5 heteroatoms. The molecule has 0 unspecified atom stereocenters. The van der Waals surface area contributed by atoms with Crippen molar-refractivity contribution in [3.63, 3.8) is 0 Å². The van der Waals surface area contributed by atoms with Gasteiger partial charge in [0.2, 0.25) is 0 Å². The fourth-order valence-electron chi connectivity index (χ4n) is 1.90. The molecule has 0 radical (unpaired) electrons. The lowest BCUT2D eigenvalue weighted by Crippen LogP contribution is -2.08. The molecule has 2 rings (SSSR count). The molecular formula is C11H14ClN3S. The molecular weight excluding hydrogens is 242 g/mol. The van der Waals surface area contributed by atoms with Crippen molar-refractivity contribution in [2.24, 2.45) is 12.8 Å². The lowest BCUT2D eigenvalue weighted by Gasteiger charge is -2.03. The van der Waals surface area contributed by atoms with Crippen LogP contribution in [0.15, 0.2) is 12.1 Å². The maximum Gasteiger partial charge on any atom is 0.0934 e. The highest BCUT2D eigenvalue weighted by molar-refractivity contribution is 7.19. The summed E-state index contributed by atoms with van der Waals surface area (Å²) in [5, 5.41) is 4.44. The second-order valence-corrected chi connectivity index (χ2v) is 5.39. The molecule has 0 aliphatic heterocycles. The minimum absolute atomic E-state index is 0.630. The molecule has 2 aromatic rings. The van der Waals surface area contributed by atoms with Crippen molar-refractivity contribution < 1.29 is 0 Å². The molecule has 0 saturated carbocycles. The number of aryl methyl sites for hydroxylation is 2. The van der Waals surface area contributed by atoms with E-state index >= 15 is 0 Å². The van der Waals surface area contributed by atoms with Gasteiger partial charge in [0.25, 0.3) is 0 Å². The van der Waals surface area contributed by atoms with Crippen LogP contribution < -0.4 is 5.73 Å². The van der Waals surface area contributed by atoms with Crippen molar-refractivity contribution in [2.45, 2.75) is 13.3 Å². The van der Waals surface area contributed by atoms with Gasteiger partial charge in [0.15, 0.2) is 0 Å². The van der Waals surface area contributed by atoms with Crippen LogP contribution >= 0.6 is 22.9 Å². The average Bonchev–Trinajstić information content (AvgIpc) is 2.73. The topological polar surface area (TPSA) is 43.8 Å². The lowest BCUT2D eigenvalue weighted by molar-refractivity contribution is 0.701. The van der Waals surface area contributed by atoms with Gasteiger partial charge in [-0.05, 0) is 25.6 Å². The maximum absolute atomic E-state index is 5.97. The fraction of sp³-hybridized carbons (Fsp3) is 0.364. The predicted molar refractivity (Wildman–Crippen MR) is 69.0 cm³/mol. The largest absolute Gasteiger partial charge is 0.330 e. The van der Waals surface area contributed by atoms with Crippen LogP contribution in [0.4, 0.5) is 0 Å². The molecule has 0 fully saturated rings. The SMILES string of the molecule is Cc1nn(C)c(CCN)c1-c1ccc(Cl)s1. The maximum atomic E-state index is 5.97. The smallest absolute Gasteiger partial charge is 0.0934 e. The molecule has 86 valence electrons. The molecule has 0 aromatic carbocycles. The number of thiophene rings is 1. The van der Waals surface area contributed by atoms with Crippen molar-refractivity contribution >= 4 is 22.9 Å². The van der Waals surface area contributed by atoms with E-state index in [1.165, 1.54) is 16.1 Å². The first-order valence-corrected chi connectivity index (χ1v) is 6.31. The Kier molecular flexibility index (Phi) is 3.33. The van der Waals surface area contributed by atoms with Gasteiger partial charge in [-0.3, -0.25) is 4.68 Å². The third-order valence-corrected chi connectivity index (χ3v) is 3.79. The van der Waals surface area contributed by atoms with Crippen molar-refractivity contribution in [1.29, 1.82) is 0 Å². The molecule has 2 N–H and O–H groups in total. The van der Waals surface area contributed by atoms with E-state index < -0.39 is 0 Å². The van der Waals surface area contributed by atoms with E-state index in [1.807, 2.05) is 30.8 Å². The second kappa shape index (κ2) is 4.57. The molecule has 2 aromatic heterocycles. The molecule has 2 heterocycles. The summed E-state index contributed by atoms with van der Waals surface area (Å²) in [6, 6.07) is 3.96. The zero-order valence-corrected chi connectivity index (χ0v) is 10.9. The minimum Gasteiger partial charge on any atom is -0.330 e. The molecule has 0 saturated heterocycles. The minimum atomic E-state index is 0.630. The van der Waals surface area contributed by atoms with Crippen LogP contribution in [0.25, 0.3) is 10.4 Å². The number of nitrogens with zero attached hydrogens (tertiary/aromatic N) is 2.